The number of carbonyl (C=O) groups is 1. The van der Waals surface area contributed by atoms with Gasteiger partial charge in [-0.1, -0.05) is 0 Å². The second-order valence-electron chi connectivity index (χ2n) is 3.22. The van der Waals surface area contributed by atoms with Crippen LogP contribution in [0.15, 0.2) is 0 Å². The predicted molar refractivity (Wildman–Crippen MR) is 35.6 cm³/mol. The van der Waals surface area contributed by atoms with E-state index in [9.17, 15) is 4.79 Å². The van der Waals surface area contributed by atoms with E-state index >= 15 is 0 Å². The molecule has 3 atom stereocenters. The third-order valence-corrected chi connectivity index (χ3v) is 2.72. The van der Waals surface area contributed by atoms with Crippen molar-refractivity contribution in [2.45, 2.75) is 18.9 Å². The van der Waals surface area contributed by atoms with Crippen molar-refractivity contribution in [3.63, 3.8) is 0 Å². The first-order chi connectivity index (χ1) is 4.79. The van der Waals surface area contributed by atoms with Gasteiger partial charge in [-0.05, 0) is 25.3 Å². The Kier molecular flexibility index (Phi) is 1.20. The number of rotatable bonds is 1. The van der Waals surface area contributed by atoms with E-state index in [1.54, 1.807) is 0 Å². The average molecular weight is 141 g/mol. The molecule has 10 heavy (non-hydrogen) atoms. The van der Waals surface area contributed by atoms with Crippen molar-refractivity contribution < 1.29 is 9.90 Å². The van der Waals surface area contributed by atoms with Crippen molar-refractivity contribution in [1.29, 1.82) is 0 Å². The van der Waals surface area contributed by atoms with Crippen LogP contribution in [0.1, 0.15) is 12.8 Å². The molecule has 2 N–H and O–H groups in total. The predicted octanol–water partition coefficient (Wildman–Crippen LogP) is 0.0690. The number of piperidine rings is 1. The molecule has 1 saturated heterocycles. The van der Waals surface area contributed by atoms with E-state index < -0.39 is 5.97 Å². The molecule has 2 fully saturated rings. The molecule has 3 unspecified atom stereocenters. The van der Waals surface area contributed by atoms with E-state index in [0.717, 1.165) is 19.4 Å². The second kappa shape index (κ2) is 1.95. The van der Waals surface area contributed by atoms with E-state index in [0.29, 0.717) is 5.92 Å². The number of carboxylic acids is 1. The Morgan fingerprint density at radius 2 is 2.30 bits per heavy atom. The third kappa shape index (κ3) is 0.669. The lowest BCUT2D eigenvalue weighted by Gasteiger charge is -2.08. The normalized spacial score (nSPS) is 44.2. The van der Waals surface area contributed by atoms with E-state index in [4.69, 9.17) is 5.11 Å². The minimum atomic E-state index is -0.613. The molecule has 0 aromatic rings. The van der Waals surface area contributed by atoms with Gasteiger partial charge in [-0.25, -0.2) is 0 Å². The number of aliphatic carboxylic acids is 1. The number of fused-ring (bicyclic) bond motifs is 2. The average Bonchev–Trinajstić information content (AvgIpc) is 2.43. The lowest BCUT2D eigenvalue weighted by molar-refractivity contribution is -0.142. The summed E-state index contributed by atoms with van der Waals surface area (Å²) in [6.45, 7) is 0.918. The standard InChI is InChI=1S/C7H11NO2/c9-7(10)6-4-1-2-5(6)8-3-4/h4-6,8H,1-3H2,(H,9,10). The van der Waals surface area contributed by atoms with E-state index in [1.165, 1.54) is 0 Å². The Morgan fingerprint density at radius 3 is 2.50 bits per heavy atom. The van der Waals surface area contributed by atoms with Gasteiger partial charge in [0.1, 0.15) is 0 Å². The highest BCUT2D eigenvalue weighted by molar-refractivity contribution is 5.72. The van der Waals surface area contributed by atoms with Crippen molar-refractivity contribution in [3.05, 3.63) is 0 Å². The van der Waals surface area contributed by atoms with Crippen LogP contribution in [0.2, 0.25) is 0 Å². The summed E-state index contributed by atoms with van der Waals surface area (Å²) in [7, 11) is 0. The Bertz CT molecular complexity index is 149. The summed E-state index contributed by atoms with van der Waals surface area (Å²) in [5.41, 5.74) is 0. The Balaban J connectivity index is 2.16. The Hall–Kier alpha value is -0.570. The number of hydrogen-bond acceptors (Lipinski definition) is 2. The monoisotopic (exact) mass is 141 g/mol. The zero-order chi connectivity index (χ0) is 7.14. The molecule has 0 radical (unpaired) electrons. The molecule has 2 rings (SSSR count). The zero-order valence-corrected chi connectivity index (χ0v) is 5.71. The zero-order valence-electron chi connectivity index (χ0n) is 5.71. The van der Waals surface area contributed by atoms with Gasteiger partial charge in [-0.3, -0.25) is 4.79 Å². The van der Waals surface area contributed by atoms with Gasteiger partial charge in [-0.2, -0.15) is 0 Å². The quantitative estimate of drug-likeness (QED) is 0.543. The first kappa shape index (κ1) is 6.16. The molecular formula is C7H11NO2. The smallest absolute Gasteiger partial charge is 0.308 e. The molecule has 0 aromatic heterocycles. The van der Waals surface area contributed by atoms with Gasteiger partial charge < -0.3 is 10.4 Å². The minimum Gasteiger partial charge on any atom is -0.481 e. The number of carboxylic acid groups (broad SMARTS) is 1. The highest BCUT2D eigenvalue weighted by atomic mass is 16.4. The molecule has 3 nitrogen and oxygen atoms in total. The molecule has 3 heteroatoms. The van der Waals surface area contributed by atoms with Crippen LogP contribution >= 0.6 is 0 Å². The van der Waals surface area contributed by atoms with Crippen molar-refractivity contribution in [2.75, 3.05) is 6.54 Å². The van der Waals surface area contributed by atoms with Gasteiger partial charge in [0.2, 0.25) is 0 Å². The molecule has 0 aromatic carbocycles. The van der Waals surface area contributed by atoms with Gasteiger partial charge >= 0.3 is 5.97 Å². The Morgan fingerprint density at radius 1 is 1.50 bits per heavy atom. The number of nitrogens with one attached hydrogen (secondary N) is 1. The van der Waals surface area contributed by atoms with Crippen LogP contribution in [0.5, 0.6) is 0 Å². The van der Waals surface area contributed by atoms with Crippen LogP contribution in [0.4, 0.5) is 0 Å². The van der Waals surface area contributed by atoms with E-state index in [2.05, 4.69) is 5.32 Å². The van der Waals surface area contributed by atoms with Crippen LogP contribution in [0.3, 0.4) is 0 Å². The highest BCUT2D eigenvalue weighted by Gasteiger charge is 2.45. The molecule has 56 valence electrons. The van der Waals surface area contributed by atoms with Crippen molar-refractivity contribution in [3.8, 4) is 0 Å². The largest absolute Gasteiger partial charge is 0.481 e. The highest BCUT2D eigenvalue weighted by Crippen LogP contribution is 2.36. The summed E-state index contributed by atoms with van der Waals surface area (Å²) in [5, 5.41) is 12.0. The molecule has 2 aliphatic rings. The fraction of sp³-hybridized carbons (Fsp3) is 0.857. The topological polar surface area (TPSA) is 49.3 Å². The maximum Gasteiger partial charge on any atom is 0.308 e. The van der Waals surface area contributed by atoms with Crippen LogP contribution < -0.4 is 5.32 Å². The van der Waals surface area contributed by atoms with Crippen LogP contribution in [-0.2, 0) is 4.79 Å². The van der Waals surface area contributed by atoms with E-state index in [1.807, 2.05) is 0 Å². The summed E-state index contributed by atoms with van der Waals surface area (Å²) in [5.74, 6) is -0.278. The Labute approximate surface area is 59.4 Å². The third-order valence-electron chi connectivity index (χ3n) is 2.72. The van der Waals surface area contributed by atoms with Crippen LogP contribution in [0.25, 0.3) is 0 Å². The molecule has 0 amide bonds. The summed E-state index contributed by atoms with van der Waals surface area (Å²) < 4.78 is 0. The lowest BCUT2D eigenvalue weighted by Crippen LogP contribution is -2.28. The van der Waals surface area contributed by atoms with Crippen molar-refractivity contribution in [2.24, 2.45) is 11.8 Å². The van der Waals surface area contributed by atoms with E-state index in [-0.39, 0.29) is 12.0 Å². The van der Waals surface area contributed by atoms with Gasteiger partial charge in [0.15, 0.2) is 0 Å². The van der Waals surface area contributed by atoms with Gasteiger partial charge in [0.05, 0.1) is 5.92 Å². The summed E-state index contributed by atoms with van der Waals surface area (Å²) in [4.78, 5) is 10.6. The molecule has 1 heterocycles. The van der Waals surface area contributed by atoms with Crippen LogP contribution in [-0.4, -0.2) is 23.7 Å². The summed E-state index contributed by atoms with van der Waals surface area (Å²) in [6.07, 6.45) is 2.16. The minimum absolute atomic E-state index is 0.0833. The fourth-order valence-corrected chi connectivity index (χ4v) is 2.22. The molecule has 0 spiro atoms. The molecule has 1 saturated carbocycles. The molecular weight excluding hydrogens is 130 g/mol. The first-order valence-corrected chi connectivity index (χ1v) is 3.75. The second-order valence-corrected chi connectivity index (χ2v) is 3.22. The maximum absolute atomic E-state index is 10.6. The molecule has 1 aliphatic carbocycles. The SMILES string of the molecule is O=C(O)C1C2CCC1NC2. The van der Waals surface area contributed by atoms with Crippen LogP contribution in [0, 0.1) is 11.8 Å². The molecule has 1 aliphatic heterocycles. The fourth-order valence-electron chi connectivity index (χ4n) is 2.22. The van der Waals surface area contributed by atoms with Crippen molar-refractivity contribution in [1.82, 2.24) is 5.32 Å². The summed E-state index contributed by atoms with van der Waals surface area (Å²) >= 11 is 0. The molecule has 2 bridgehead atoms. The number of hydrogen-bond donors (Lipinski definition) is 2. The van der Waals surface area contributed by atoms with Gasteiger partial charge in [0.25, 0.3) is 0 Å². The van der Waals surface area contributed by atoms with Crippen molar-refractivity contribution >= 4 is 5.97 Å². The maximum atomic E-state index is 10.6. The lowest BCUT2D eigenvalue weighted by atomic mass is 9.99. The first-order valence-electron chi connectivity index (χ1n) is 3.75. The van der Waals surface area contributed by atoms with Gasteiger partial charge in [0, 0.05) is 6.04 Å². The summed E-state index contributed by atoms with van der Waals surface area (Å²) in [6, 6.07) is 0.280. The van der Waals surface area contributed by atoms with Gasteiger partial charge in [-0.15, -0.1) is 0 Å².